The lowest BCUT2D eigenvalue weighted by molar-refractivity contribution is 0.244. The highest BCUT2D eigenvalue weighted by Gasteiger charge is 2.21. The van der Waals surface area contributed by atoms with Gasteiger partial charge in [-0.05, 0) is 33.7 Å². The quantitative estimate of drug-likeness (QED) is 0.823. The third kappa shape index (κ3) is 3.27. The van der Waals surface area contributed by atoms with Crippen LogP contribution in [0.1, 0.15) is 30.3 Å². The molecule has 1 aliphatic rings. The molecule has 1 N–H and O–H groups in total. The number of hydrogen-bond acceptors (Lipinski definition) is 4. The molecule has 2 rings (SSSR count). The summed E-state index contributed by atoms with van der Waals surface area (Å²) in [6.07, 6.45) is 2.73. The fraction of sp³-hybridized carbons (Fsp3) is 0.750. The molecule has 0 saturated heterocycles. The van der Waals surface area contributed by atoms with E-state index in [0.29, 0.717) is 6.04 Å². The van der Waals surface area contributed by atoms with Gasteiger partial charge in [-0.2, -0.15) is 0 Å². The first-order chi connectivity index (χ1) is 7.66. The normalized spacial score (nSPS) is 18.0. The predicted octanol–water partition coefficient (Wildman–Crippen LogP) is 2.02. The fourth-order valence-electron chi connectivity index (χ4n) is 1.64. The van der Waals surface area contributed by atoms with Crippen LogP contribution in [0.25, 0.3) is 0 Å². The first kappa shape index (κ1) is 12.0. The van der Waals surface area contributed by atoms with Gasteiger partial charge in [-0.25, -0.2) is 4.98 Å². The highest BCUT2D eigenvalue weighted by molar-refractivity contribution is 7.09. The van der Waals surface area contributed by atoms with Crippen molar-refractivity contribution in [3.8, 4) is 0 Å². The Morgan fingerprint density at radius 3 is 2.94 bits per heavy atom. The summed E-state index contributed by atoms with van der Waals surface area (Å²) in [5, 5.41) is 3.58. The van der Waals surface area contributed by atoms with E-state index in [-0.39, 0.29) is 0 Å². The maximum Gasteiger partial charge on any atom is 0.0798 e. The van der Waals surface area contributed by atoms with E-state index < -0.39 is 0 Å². The van der Waals surface area contributed by atoms with E-state index in [9.17, 15) is 0 Å². The molecule has 16 heavy (non-hydrogen) atoms. The minimum absolute atomic E-state index is 0.585. The van der Waals surface area contributed by atoms with E-state index >= 15 is 0 Å². The lowest BCUT2D eigenvalue weighted by atomic mass is 10.2. The van der Waals surface area contributed by atoms with Crippen molar-refractivity contribution in [3.05, 3.63) is 16.1 Å². The topological polar surface area (TPSA) is 28.2 Å². The zero-order valence-electron chi connectivity index (χ0n) is 10.4. The molecule has 1 aromatic heterocycles. The van der Waals surface area contributed by atoms with Crippen LogP contribution in [0.3, 0.4) is 0 Å². The molecular formula is C12H21N3S. The molecule has 0 radical (unpaired) electrons. The smallest absolute Gasteiger partial charge is 0.0798 e. The molecule has 1 heterocycles. The number of nitrogens with zero attached hydrogens (tertiary/aromatic N) is 2. The molecule has 1 saturated carbocycles. The van der Waals surface area contributed by atoms with Crippen LogP contribution in [0.15, 0.2) is 5.51 Å². The summed E-state index contributed by atoms with van der Waals surface area (Å²) in [7, 11) is 2.19. The van der Waals surface area contributed by atoms with Gasteiger partial charge in [-0.15, -0.1) is 11.3 Å². The van der Waals surface area contributed by atoms with Gasteiger partial charge in [0.15, 0.2) is 0 Å². The van der Waals surface area contributed by atoms with Crippen LogP contribution in [0.5, 0.6) is 0 Å². The first-order valence-corrected chi connectivity index (χ1v) is 6.87. The molecule has 0 spiro atoms. The number of nitrogens with one attached hydrogen (secondary N) is 1. The van der Waals surface area contributed by atoms with E-state index in [2.05, 4.69) is 36.1 Å². The lowest BCUT2D eigenvalue weighted by Gasteiger charge is -2.24. The van der Waals surface area contributed by atoms with Crippen LogP contribution < -0.4 is 5.32 Å². The molecule has 4 heteroatoms. The zero-order chi connectivity index (χ0) is 11.5. The molecule has 1 aromatic rings. The molecule has 1 aliphatic carbocycles. The van der Waals surface area contributed by atoms with Crippen LogP contribution in [0.4, 0.5) is 0 Å². The average molecular weight is 239 g/mol. The van der Waals surface area contributed by atoms with Gasteiger partial charge in [0.05, 0.1) is 11.2 Å². The summed E-state index contributed by atoms with van der Waals surface area (Å²) >= 11 is 1.76. The van der Waals surface area contributed by atoms with Crippen molar-refractivity contribution in [1.82, 2.24) is 15.2 Å². The third-order valence-corrected chi connectivity index (χ3v) is 4.19. The molecule has 1 unspecified atom stereocenters. The molecule has 1 atom stereocenters. The highest BCUT2D eigenvalue weighted by Crippen LogP contribution is 2.19. The van der Waals surface area contributed by atoms with E-state index in [4.69, 9.17) is 0 Å². The average Bonchev–Trinajstić information content (AvgIpc) is 3.01. The lowest BCUT2D eigenvalue weighted by Crippen LogP contribution is -2.38. The van der Waals surface area contributed by atoms with Gasteiger partial charge in [-0.3, -0.25) is 4.90 Å². The van der Waals surface area contributed by atoms with E-state index in [0.717, 1.165) is 19.1 Å². The molecule has 0 bridgehead atoms. The molecule has 3 nitrogen and oxygen atoms in total. The largest absolute Gasteiger partial charge is 0.312 e. The minimum Gasteiger partial charge on any atom is -0.312 e. The Kier molecular flexibility index (Phi) is 3.95. The summed E-state index contributed by atoms with van der Waals surface area (Å²) in [4.78, 5) is 8.08. The Labute approximate surface area is 102 Å². The monoisotopic (exact) mass is 239 g/mol. The van der Waals surface area contributed by atoms with Crippen molar-refractivity contribution in [2.45, 2.75) is 45.3 Å². The van der Waals surface area contributed by atoms with Gasteiger partial charge < -0.3 is 5.32 Å². The van der Waals surface area contributed by atoms with E-state index in [1.54, 1.807) is 11.3 Å². The second kappa shape index (κ2) is 5.25. The van der Waals surface area contributed by atoms with Crippen LogP contribution >= 0.6 is 11.3 Å². The number of likely N-dealkylation sites (N-methyl/N-ethyl adjacent to an activating group) is 1. The molecule has 0 amide bonds. The standard InChI is InChI=1S/C12H21N3S/c1-9(6-13-11-4-5-11)15(3)7-12-10(2)14-8-16-12/h8-9,11,13H,4-7H2,1-3H3. The Morgan fingerprint density at radius 2 is 2.38 bits per heavy atom. The SMILES string of the molecule is Cc1ncsc1CN(C)C(C)CNC1CC1. The van der Waals surface area contributed by atoms with E-state index in [1.165, 1.54) is 23.4 Å². The number of rotatable bonds is 6. The fourth-order valence-corrected chi connectivity index (χ4v) is 2.48. The van der Waals surface area contributed by atoms with Crippen LogP contribution in [-0.4, -0.2) is 35.6 Å². The molecule has 0 aliphatic heterocycles. The molecule has 1 fully saturated rings. The van der Waals surface area contributed by atoms with Crippen molar-refractivity contribution >= 4 is 11.3 Å². The van der Waals surface area contributed by atoms with Crippen LogP contribution in [0.2, 0.25) is 0 Å². The Hall–Kier alpha value is -0.450. The van der Waals surface area contributed by atoms with Crippen molar-refractivity contribution < 1.29 is 0 Å². The van der Waals surface area contributed by atoms with Gasteiger partial charge in [0.2, 0.25) is 0 Å². The van der Waals surface area contributed by atoms with Gasteiger partial charge >= 0.3 is 0 Å². The molecular weight excluding hydrogens is 218 g/mol. The number of thiazole rings is 1. The van der Waals surface area contributed by atoms with Gasteiger partial charge in [0, 0.05) is 30.1 Å². The Morgan fingerprint density at radius 1 is 1.62 bits per heavy atom. The summed E-state index contributed by atoms with van der Waals surface area (Å²) in [6.45, 7) is 6.49. The van der Waals surface area contributed by atoms with Crippen LogP contribution in [-0.2, 0) is 6.54 Å². The summed E-state index contributed by atoms with van der Waals surface area (Å²) < 4.78 is 0. The summed E-state index contributed by atoms with van der Waals surface area (Å²) in [6, 6.07) is 1.39. The summed E-state index contributed by atoms with van der Waals surface area (Å²) in [5.41, 5.74) is 3.12. The first-order valence-electron chi connectivity index (χ1n) is 5.99. The minimum atomic E-state index is 0.585. The number of aryl methyl sites for hydroxylation is 1. The number of aromatic nitrogens is 1. The van der Waals surface area contributed by atoms with Crippen molar-refractivity contribution in [2.24, 2.45) is 0 Å². The van der Waals surface area contributed by atoms with Gasteiger partial charge in [0.1, 0.15) is 0 Å². The van der Waals surface area contributed by atoms with Crippen molar-refractivity contribution in [3.63, 3.8) is 0 Å². The second-order valence-corrected chi connectivity index (χ2v) is 5.75. The van der Waals surface area contributed by atoms with E-state index in [1.807, 2.05) is 5.51 Å². The molecule has 0 aromatic carbocycles. The third-order valence-electron chi connectivity index (χ3n) is 3.27. The maximum atomic E-state index is 4.29. The summed E-state index contributed by atoms with van der Waals surface area (Å²) in [5.74, 6) is 0. The van der Waals surface area contributed by atoms with Crippen LogP contribution in [0, 0.1) is 6.92 Å². The number of hydrogen-bond donors (Lipinski definition) is 1. The predicted molar refractivity (Wildman–Crippen MR) is 68.8 cm³/mol. The maximum absolute atomic E-state index is 4.29. The van der Waals surface area contributed by atoms with Crippen molar-refractivity contribution in [2.75, 3.05) is 13.6 Å². The van der Waals surface area contributed by atoms with Crippen molar-refractivity contribution in [1.29, 1.82) is 0 Å². The van der Waals surface area contributed by atoms with Gasteiger partial charge in [-0.1, -0.05) is 0 Å². The van der Waals surface area contributed by atoms with Gasteiger partial charge in [0.25, 0.3) is 0 Å². The highest BCUT2D eigenvalue weighted by atomic mass is 32.1. The Bertz CT molecular complexity index is 333. The zero-order valence-corrected chi connectivity index (χ0v) is 11.2. The Balaban J connectivity index is 1.77. The second-order valence-electron chi connectivity index (χ2n) is 4.81. The molecule has 90 valence electrons.